The van der Waals surface area contributed by atoms with Crippen LogP contribution in [0.25, 0.3) is 10.9 Å². The van der Waals surface area contributed by atoms with Crippen LogP contribution in [0.4, 0.5) is 5.82 Å². The lowest BCUT2D eigenvalue weighted by molar-refractivity contribution is 0.575. The summed E-state index contributed by atoms with van der Waals surface area (Å²) in [5.74, 6) is 1.99. The first kappa shape index (κ1) is 12.9. The lowest BCUT2D eigenvalue weighted by Crippen LogP contribution is -2.22. The molecule has 1 atom stereocenters. The maximum Gasteiger partial charge on any atom is 0.132 e. The normalized spacial score (nSPS) is 19.3. The lowest BCUT2D eigenvalue weighted by Gasteiger charge is -2.20. The van der Waals surface area contributed by atoms with Crippen molar-refractivity contribution in [3.63, 3.8) is 0 Å². The van der Waals surface area contributed by atoms with Crippen LogP contribution < -0.4 is 4.90 Å². The molecule has 3 rings (SSSR count). The van der Waals surface area contributed by atoms with Crippen LogP contribution in [-0.4, -0.2) is 23.4 Å². The van der Waals surface area contributed by atoms with Crippen molar-refractivity contribution in [2.75, 3.05) is 23.3 Å². The standard InChI is InChI=1S/C16H19BrN2/c1-12-10-14-4-2-3-5-15(14)18-16(12)19-9-7-13(11-19)6-8-17/h2-5,10,13H,6-9,11H2,1H3. The average molecular weight is 319 g/mol. The van der Waals surface area contributed by atoms with Gasteiger partial charge in [-0.05, 0) is 43.4 Å². The first-order chi connectivity index (χ1) is 9.28. The summed E-state index contributed by atoms with van der Waals surface area (Å²) in [5, 5.41) is 2.34. The minimum Gasteiger partial charge on any atom is -0.356 e. The molecule has 0 N–H and O–H groups in total. The summed E-state index contributed by atoms with van der Waals surface area (Å²) in [5.41, 5.74) is 2.39. The summed E-state index contributed by atoms with van der Waals surface area (Å²) in [4.78, 5) is 7.32. The van der Waals surface area contributed by atoms with Gasteiger partial charge < -0.3 is 4.90 Å². The van der Waals surface area contributed by atoms with E-state index >= 15 is 0 Å². The maximum atomic E-state index is 4.87. The number of para-hydroxylation sites is 1. The molecule has 2 heterocycles. The Morgan fingerprint density at radius 2 is 2.21 bits per heavy atom. The van der Waals surface area contributed by atoms with E-state index in [0.717, 1.165) is 29.9 Å². The Morgan fingerprint density at radius 1 is 1.37 bits per heavy atom. The Morgan fingerprint density at radius 3 is 3.05 bits per heavy atom. The largest absolute Gasteiger partial charge is 0.356 e. The molecule has 0 spiro atoms. The fraction of sp³-hybridized carbons (Fsp3) is 0.438. The van der Waals surface area contributed by atoms with Crippen LogP contribution in [0.3, 0.4) is 0 Å². The highest BCUT2D eigenvalue weighted by Crippen LogP contribution is 2.29. The number of halogens is 1. The number of rotatable bonds is 3. The minimum atomic E-state index is 0.812. The molecule has 1 unspecified atom stereocenters. The summed E-state index contributed by atoms with van der Waals surface area (Å²) in [6.07, 6.45) is 2.56. The van der Waals surface area contributed by atoms with E-state index in [-0.39, 0.29) is 0 Å². The highest BCUT2D eigenvalue weighted by Gasteiger charge is 2.24. The fourth-order valence-corrected chi connectivity index (χ4v) is 3.59. The number of nitrogens with zero attached hydrogens (tertiary/aromatic N) is 2. The number of benzene rings is 1. The highest BCUT2D eigenvalue weighted by molar-refractivity contribution is 9.09. The first-order valence-electron chi connectivity index (χ1n) is 6.95. The number of hydrogen-bond donors (Lipinski definition) is 0. The van der Waals surface area contributed by atoms with Crippen molar-refractivity contribution >= 4 is 32.7 Å². The summed E-state index contributed by atoms with van der Waals surface area (Å²) >= 11 is 3.55. The minimum absolute atomic E-state index is 0.812. The third-order valence-corrected chi connectivity index (χ3v) is 4.45. The van der Waals surface area contributed by atoms with Crippen molar-refractivity contribution in [2.24, 2.45) is 5.92 Å². The van der Waals surface area contributed by atoms with Crippen LogP contribution in [0.15, 0.2) is 30.3 Å². The van der Waals surface area contributed by atoms with Crippen molar-refractivity contribution < 1.29 is 0 Å². The molecule has 0 aliphatic carbocycles. The van der Waals surface area contributed by atoms with Crippen LogP contribution >= 0.6 is 15.9 Å². The van der Waals surface area contributed by atoms with Crippen molar-refractivity contribution in [3.8, 4) is 0 Å². The van der Waals surface area contributed by atoms with Crippen LogP contribution in [0.1, 0.15) is 18.4 Å². The van der Waals surface area contributed by atoms with Crippen molar-refractivity contribution in [1.29, 1.82) is 0 Å². The second-order valence-corrected chi connectivity index (χ2v) is 6.19. The zero-order chi connectivity index (χ0) is 13.2. The van der Waals surface area contributed by atoms with Gasteiger partial charge in [0.05, 0.1) is 5.52 Å². The quantitative estimate of drug-likeness (QED) is 0.790. The molecule has 1 aliphatic rings. The molecule has 1 aromatic carbocycles. The average Bonchev–Trinajstić information content (AvgIpc) is 2.87. The van der Waals surface area contributed by atoms with Crippen molar-refractivity contribution in [3.05, 3.63) is 35.9 Å². The van der Waals surface area contributed by atoms with E-state index in [0.29, 0.717) is 0 Å². The molecular formula is C16H19BrN2. The number of aromatic nitrogens is 1. The van der Waals surface area contributed by atoms with Crippen molar-refractivity contribution in [2.45, 2.75) is 19.8 Å². The topological polar surface area (TPSA) is 16.1 Å². The molecule has 3 heteroatoms. The van der Waals surface area contributed by atoms with E-state index in [9.17, 15) is 0 Å². The second-order valence-electron chi connectivity index (χ2n) is 5.40. The fourth-order valence-electron chi connectivity index (χ4n) is 2.95. The van der Waals surface area contributed by atoms with Crippen LogP contribution in [0, 0.1) is 12.8 Å². The maximum absolute atomic E-state index is 4.87. The third-order valence-electron chi connectivity index (χ3n) is 3.99. The molecule has 2 aromatic rings. The number of anilines is 1. The van der Waals surface area contributed by atoms with Gasteiger partial charge in [0, 0.05) is 23.8 Å². The Bertz CT molecular complexity index is 582. The molecule has 1 saturated heterocycles. The number of pyridine rings is 1. The molecule has 100 valence electrons. The van der Waals surface area contributed by atoms with Gasteiger partial charge in [-0.2, -0.15) is 0 Å². The van der Waals surface area contributed by atoms with Gasteiger partial charge in [-0.25, -0.2) is 4.98 Å². The Labute approximate surface area is 123 Å². The summed E-state index contributed by atoms with van der Waals surface area (Å²) in [6.45, 7) is 4.47. The number of aryl methyl sites for hydroxylation is 1. The van der Waals surface area contributed by atoms with Gasteiger partial charge in [0.2, 0.25) is 0 Å². The predicted octanol–water partition coefficient (Wildman–Crippen LogP) is 4.15. The molecule has 0 bridgehead atoms. The van der Waals surface area contributed by atoms with Gasteiger partial charge in [0.1, 0.15) is 5.82 Å². The zero-order valence-corrected chi connectivity index (χ0v) is 12.9. The van der Waals surface area contributed by atoms with E-state index in [1.807, 2.05) is 0 Å². The van der Waals surface area contributed by atoms with Crippen LogP contribution in [0.5, 0.6) is 0 Å². The molecule has 0 radical (unpaired) electrons. The number of alkyl halides is 1. The summed E-state index contributed by atoms with van der Waals surface area (Å²) in [6, 6.07) is 10.6. The lowest BCUT2D eigenvalue weighted by atomic mass is 10.1. The zero-order valence-electron chi connectivity index (χ0n) is 11.3. The van der Waals surface area contributed by atoms with Gasteiger partial charge >= 0.3 is 0 Å². The van der Waals surface area contributed by atoms with E-state index in [4.69, 9.17) is 4.98 Å². The Balaban J connectivity index is 1.90. The number of fused-ring (bicyclic) bond motifs is 1. The number of hydrogen-bond acceptors (Lipinski definition) is 2. The van der Waals surface area contributed by atoms with E-state index in [2.05, 4.69) is 58.1 Å². The molecule has 1 fully saturated rings. The smallest absolute Gasteiger partial charge is 0.132 e. The SMILES string of the molecule is Cc1cc2ccccc2nc1N1CCC(CCBr)C1. The van der Waals surface area contributed by atoms with Crippen molar-refractivity contribution in [1.82, 2.24) is 4.98 Å². The van der Waals surface area contributed by atoms with Crippen LogP contribution in [-0.2, 0) is 0 Å². The first-order valence-corrected chi connectivity index (χ1v) is 8.07. The van der Waals surface area contributed by atoms with Gasteiger partial charge in [-0.15, -0.1) is 0 Å². The Hall–Kier alpha value is -1.09. The Kier molecular flexibility index (Phi) is 3.74. The van der Waals surface area contributed by atoms with Crippen LogP contribution in [0.2, 0.25) is 0 Å². The third kappa shape index (κ3) is 2.62. The second kappa shape index (κ2) is 5.49. The molecular weight excluding hydrogens is 300 g/mol. The van der Waals surface area contributed by atoms with E-state index < -0.39 is 0 Å². The predicted molar refractivity (Wildman–Crippen MR) is 85.2 cm³/mol. The molecule has 19 heavy (non-hydrogen) atoms. The molecule has 1 aliphatic heterocycles. The summed E-state index contributed by atoms with van der Waals surface area (Å²) < 4.78 is 0. The van der Waals surface area contributed by atoms with Gasteiger partial charge in [-0.1, -0.05) is 34.1 Å². The molecule has 1 aromatic heterocycles. The summed E-state index contributed by atoms with van der Waals surface area (Å²) in [7, 11) is 0. The van der Waals surface area contributed by atoms with Gasteiger partial charge in [0.15, 0.2) is 0 Å². The van der Waals surface area contributed by atoms with Gasteiger partial charge in [0.25, 0.3) is 0 Å². The monoisotopic (exact) mass is 318 g/mol. The highest BCUT2D eigenvalue weighted by atomic mass is 79.9. The molecule has 0 amide bonds. The van der Waals surface area contributed by atoms with E-state index in [1.54, 1.807) is 0 Å². The van der Waals surface area contributed by atoms with E-state index in [1.165, 1.54) is 29.6 Å². The molecule has 0 saturated carbocycles. The molecule has 2 nitrogen and oxygen atoms in total. The van der Waals surface area contributed by atoms with Gasteiger partial charge in [-0.3, -0.25) is 0 Å².